The molecule has 154 valence electrons. The van der Waals surface area contributed by atoms with E-state index in [2.05, 4.69) is 47.1 Å². The molecule has 2 aromatic carbocycles. The second kappa shape index (κ2) is 8.97. The Morgan fingerprint density at radius 3 is 2.59 bits per heavy atom. The van der Waals surface area contributed by atoms with Crippen molar-refractivity contribution in [2.75, 3.05) is 46.5 Å². The molecule has 2 aliphatic rings. The van der Waals surface area contributed by atoms with E-state index in [1.165, 1.54) is 22.3 Å². The van der Waals surface area contributed by atoms with Gasteiger partial charge in [-0.3, -0.25) is 9.69 Å². The zero-order chi connectivity index (χ0) is 20.2. The standard InChI is InChI=1S/C24H30N2O3/c1-18-21-4-3-5-22(19-6-8-20(28-2)9-7-19)23(21)10-13-26(18)24(27)11-12-25-14-16-29-17-15-25/h3-9,18H,10-17H2,1-2H3/t18-/m1/s1. The number of carbonyl (C=O) groups excluding carboxylic acids is 1. The molecular weight excluding hydrogens is 364 g/mol. The molecule has 1 fully saturated rings. The first-order chi connectivity index (χ1) is 14.2. The fraction of sp³-hybridized carbons (Fsp3) is 0.458. The van der Waals surface area contributed by atoms with Crippen molar-refractivity contribution in [1.29, 1.82) is 0 Å². The molecule has 1 saturated heterocycles. The molecule has 0 spiro atoms. The van der Waals surface area contributed by atoms with Crippen LogP contribution in [0.5, 0.6) is 5.75 Å². The number of rotatable bonds is 5. The molecule has 0 unspecified atom stereocenters. The number of carbonyl (C=O) groups is 1. The van der Waals surface area contributed by atoms with Gasteiger partial charge >= 0.3 is 0 Å². The summed E-state index contributed by atoms with van der Waals surface area (Å²) in [5, 5.41) is 0. The van der Waals surface area contributed by atoms with E-state index in [4.69, 9.17) is 9.47 Å². The molecule has 0 radical (unpaired) electrons. The Bertz CT molecular complexity index is 844. The van der Waals surface area contributed by atoms with Crippen molar-refractivity contribution in [2.45, 2.75) is 25.8 Å². The van der Waals surface area contributed by atoms with Crippen molar-refractivity contribution in [3.05, 3.63) is 53.6 Å². The van der Waals surface area contributed by atoms with Crippen molar-refractivity contribution in [3.8, 4) is 16.9 Å². The van der Waals surface area contributed by atoms with Gasteiger partial charge in [-0.2, -0.15) is 0 Å². The van der Waals surface area contributed by atoms with Gasteiger partial charge in [-0.1, -0.05) is 30.3 Å². The van der Waals surface area contributed by atoms with Crippen LogP contribution in [0.3, 0.4) is 0 Å². The lowest BCUT2D eigenvalue weighted by Crippen LogP contribution is -2.42. The Hall–Kier alpha value is -2.37. The van der Waals surface area contributed by atoms with E-state index < -0.39 is 0 Å². The van der Waals surface area contributed by atoms with Crippen LogP contribution < -0.4 is 4.74 Å². The van der Waals surface area contributed by atoms with Gasteiger partial charge in [-0.05, 0) is 47.7 Å². The number of ether oxygens (including phenoxy) is 2. The number of fused-ring (bicyclic) bond motifs is 1. The van der Waals surface area contributed by atoms with Gasteiger partial charge in [0.05, 0.1) is 26.4 Å². The number of benzene rings is 2. The van der Waals surface area contributed by atoms with Gasteiger partial charge in [-0.25, -0.2) is 0 Å². The highest BCUT2D eigenvalue weighted by Gasteiger charge is 2.29. The Morgan fingerprint density at radius 1 is 1.10 bits per heavy atom. The molecule has 0 saturated carbocycles. The summed E-state index contributed by atoms with van der Waals surface area (Å²) < 4.78 is 10.7. The average molecular weight is 395 g/mol. The summed E-state index contributed by atoms with van der Waals surface area (Å²) in [6.45, 7) is 7.16. The van der Waals surface area contributed by atoms with Gasteiger partial charge < -0.3 is 14.4 Å². The number of morpholine rings is 1. The summed E-state index contributed by atoms with van der Waals surface area (Å²) in [4.78, 5) is 17.3. The molecule has 5 nitrogen and oxygen atoms in total. The van der Waals surface area contributed by atoms with Crippen LogP contribution in [0, 0.1) is 0 Å². The SMILES string of the molecule is COc1ccc(-c2cccc3c2CCN(C(=O)CCN2CCOCC2)[C@@H]3C)cc1. The van der Waals surface area contributed by atoms with E-state index >= 15 is 0 Å². The average Bonchev–Trinajstić information content (AvgIpc) is 2.78. The van der Waals surface area contributed by atoms with Crippen molar-refractivity contribution in [3.63, 3.8) is 0 Å². The van der Waals surface area contributed by atoms with Crippen LogP contribution in [0.4, 0.5) is 0 Å². The van der Waals surface area contributed by atoms with E-state index in [-0.39, 0.29) is 11.9 Å². The van der Waals surface area contributed by atoms with Crippen LogP contribution >= 0.6 is 0 Å². The van der Waals surface area contributed by atoms with E-state index in [0.717, 1.165) is 51.6 Å². The van der Waals surface area contributed by atoms with Gasteiger partial charge in [0.25, 0.3) is 0 Å². The first-order valence-electron chi connectivity index (χ1n) is 10.5. The quantitative estimate of drug-likeness (QED) is 0.778. The number of hydrogen-bond acceptors (Lipinski definition) is 4. The van der Waals surface area contributed by atoms with Crippen LogP contribution in [-0.2, 0) is 16.0 Å². The molecule has 0 N–H and O–H groups in total. The van der Waals surface area contributed by atoms with Crippen LogP contribution in [0.25, 0.3) is 11.1 Å². The van der Waals surface area contributed by atoms with Gasteiger partial charge in [0.15, 0.2) is 0 Å². The molecule has 29 heavy (non-hydrogen) atoms. The first-order valence-corrected chi connectivity index (χ1v) is 10.5. The second-order valence-electron chi connectivity index (χ2n) is 7.82. The minimum absolute atomic E-state index is 0.106. The predicted molar refractivity (Wildman–Crippen MR) is 114 cm³/mol. The molecule has 5 heteroatoms. The topological polar surface area (TPSA) is 42.0 Å². The molecule has 0 aromatic heterocycles. The summed E-state index contributed by atoms with van der Waals surface area (Å²) >= 11 is 0. The zero-order valence-electron chi connectivity index (χ0n) is 17.4. The van der Waals surface area contributed by atoms with Crippen molar-refractivity contribution >= 4 is 5.91 Å². The van der Waals surface area contributed by atoms with Crippen LogP contribution in [0.2, 0.25) is 0 Å². The maximum absolute atomic E-state index is 12.9. The Balaban J connectivity index is 1.48. The molecule has 2 aromatic rings. The molecule has 2 heterocycles. The van der Waals surface area contributed by atoms with Crippen LogP contribution in [-0.4, -0.2) is 62.2 Å². The lowest BCUT2D eigenvalue weighted by Gasteiger charge is -2.37. The maximum atomic E-state index is 12.9. The Morgan fingerprint density at radius 2 is 1.86 bits per heavy atom. The minimum atomic E-state index is 0.106. The minimum Gasteiger partial charge on any atom is -0.497 e. The first kappa shape index (κ1) is 19.9. The Kier molecular flexibility index (Phi) is 6.16. The molecule has 4 rings (SSSR count). The summed E-state index contributed by atoms with van der Waals surface area (Å²) in [5.41, 5.74) is 5.09. The van der Waals surface area contributed by atoms with E-state index in [1.807, 2.05) is 12.1 Å². The molecule has 0 bridgehead atoms. The zero-order valence-corrected chi connectivity index (χ0v) is 17.4. The van der Waals surface area contributed by atoms with Crippen molar-refractivity contribution < 1.29 is 14.3 Å². The lowest BCUT2D eigenvalue weighted by atomic mass is 9.87. The van der Waals surface area contributed by atoms with E-state index in [1.54, 1.807) is 7.11 Å². The Labute approximate surface area is 173 Å². The highest BCUT2D eigenvalue weighted by atomic mass is 16.5. The van der Waals surface area contributed by atoms with Crippen molar-refractivity contribution in [1.82, 2.24) is 9.80 Å². The summed E-state index contributed by atoms with van der Waals surface area (Å²) in [6, 6.07) is 14.8. The second-order valence-corrected chi connectivity index (χ2v) is 7.82. The fourth-order valence-corrected chi connectivity index (χ4v) is 4.47. The molecule has 1 amide bonds. The molecule has 0 aliphatic carbocycles. The number of amides is 1. The van der Waals surface area contributed by atoms with Gasteiger partial charge in [-0.15, -0.1) is 0 Å². The summed E-state index contributed by atoms with van der Waals surface area (Å²) in [7, 11) is 1.69. The largest absolute Gasteiger partial charge is 0.497 e. The van der Waals surface area contributed by atoms with Crippen LogP contribution in [0.1, 0.15) is 30.5 Å². The maximum Gasteiger partial charge on any atom is 0.224 e. The van der Waals surface area contributed by atoms with Gasteiger partial charge in [0.2, 0.25) is 5.91 Å². The fourth-order valence-electron chi connectivity index (χ4n) is 4.47. The number of methoxy groups -OCH3 is 1. The van der Waals surface area contributed by atoms with Gasteiger partial charge in [0.1, 0.15) is 5.75 Å². The smallest absolute Gasteiger partial charge is 0.224 e. The number of hydrogen-bond donors (Lipinski definition) is 0. The third-order valence-electron chi connectivity index (χ3n) is 6.20. The monoisotopic (exact) mass is 394 g/mol. The molecular formula is C24H30N2O3. The normalized spacial score (nSPS) is 19.7. The van der Waals surface area contributed by atoms with E-state index in [0.29, 0.717) is 6.42 Å². The number of nitrogens with zero attached hydrogens (tertiary/aromatic N) is 2. The van der Waals surface area contributed by atoms with Gasteiger partial charge in [0, 0.05) is 32.6 Å². The summed E-state index contributed by atoms with van der Waals surface area (Å²) in [5.74, 6) is 1.12. The predicted octanol–water partition coefficient (Wildman–Crippen LogP) is 3.53. The van der Waals surface area contributed by atoms with Crippen LogP contribution in [0.15, 0.2) is 42.5 Å². The molecule has 2 aliphatic heterocycles. The molecule has 1 atom stereocenters. The summed E-state index contributed by atoms with van der Waals surface area (Å²) in [6.07, 6.45) is 1.48. The highest BCUT2D eigenvalue weighted by molar-refractivity contribution is 5.78. The lowest BCUT2D eigenvalue weighted by molar-refractivity contribution is -0.134. The van der Waals surface area contributed by atoms with E-state index in [9.17, 15) is 4.79 Å². The third-order valence-corrected chi connectivity index (χ3v) is 6.20. The third kappa shape index (κ3) is 4.31. The highest BCUT2D eigenvalue weighted by Crippen LogP contribution is 2.36. The van der Waals surface area contributed by atoms with Crippen molar-refractivity contribution in [2.24, 2.45) is 0 Å².